The summed E-state index contributed by atoms with van der Waals surface area (Å²) in [6.07, 6.45) is 27.4. The first-order valence-corrected chi connectivity index (χ1v) is 37.6. The molecule has 0 heteroatoms. The van der Waals surface area contributed by atoms with Gasteiger partial charge < -0.3 is 0 Å². The summed E-state index contributed by atoms with van der Waals surface area (Å²) in [5.74, 6) is 0. The van der Waals surface area contributed by atoms with Crippen molar-refractivity contribution < 1.29 is 0 Å². The number of aryl methyl sites for hydroxylation is 14. The zero-order chi connectivity index (χ0) is 71.4. The maximum atomic E-state index is 2.25. The van der Waals surface area contributed by atoms with Gasteiger partial charge in [-0.1, -0.05) is 433 Å². The zero-order valence-corrected chi connectivity index (χ0v) is 66.7. The molecule has 0 heterocycles. The van der Waals surface area contributed by atoms with Crippen LogP contribution < -0.4 is 0 Å². The molecule has 0 amide bonds. The van der Waals surface area contributed by atoms with Gasteiger partial charge in [-0.05, 0) is 150 Å². The molecule has 0 bridgehead atoms. The summed E-state index contributed by atoms with van der Waals surface area (Å²) in [6, 6.07) is 61.3. The Kier molecular flexibility index (Phi) is 88.8. The Labute approximate surface area is 579 Å². The van der Waals surface area contributed by atoms with E-state index >= 15 is 0 Å². The second kappa shape index (κ2) is 81.6. The minimum absolute atomic E-state index is 1.14. The lowest BCUT2D eigenvalue weighted by Crippen LogP contribution is -1.84. The van der Waals surface area contributed by atoms with Crippen LogP contribution in [0.2, 0.25) is 0 Å². The molecule has 0 radical (unpaired) electrons. The summed E-state index contributed by atoms with van der Waals surface area (Å²) in [6.45, 7) is 60.0. The average molecular weight is 1260 g/mol. The Morgan fingerprint density at radius 2 is 0.283 bits per heavy atom. The fraction of sp³-hybridized carbons (Fsp3) is 0.543. The standard InChI is InChI=1S/2C12H18.C11H16.C10H14.2C9H12.C8H10.7C3H8/c2*1-3-4-5-6-12-9-7-11(2)8-10-12;1-3-5-11-8-6-10(4-2)7-9-11;1-3-9-5-7-10(4-2)8-6-9;2*1-3-9-6-4-8(2)5-7-9;1-7-3-5-8(2)6-4-7;7*1-3-2/h2*7-10H,3-6H2,1-2H3;6-9H,3-5H2,1-2H3;5-8H,3-4H2,1-2H3;2*4-7H,3H2,1-2H3;3-6H,1-2H3;7*3H2,1-2H3. The van der Waals surface area contributed by atoms with E-state index in [0.29, 0.717) is 0 Å². The third-order valence-corrected chi connectivity index (χ3v) is 12.5. The van der Waals surface area contributed by atoms with Crippen molar-refractivity contribution >= 4 is 0 Å². The molecule has 0 fully saturated rings. The second-order valence-corrected chi connectivity index (χ2v) is 24.1. The first-order chi connectivity index (χ1) is 44.2. The topological polar surface area (TPSA) is 0 Å². The lowest BCUT2D eigenvalue weighted by Gasteiger charge is -2.00. The van der Waals surface area contributed by atoms with Crippen molar-refractivity contribution in [2.24, 2.45) is 0 Å². The van der Waals surface area contributed by atoms with Gasteiger partial charge in [0.05, 0.1) is 0 Å². The maximum Gasteiger partial charge on any atom is -0.0279 e. The highest BCUT2D eigenvalue weighted by atomic mass is 14.0. The van der Waals surface area contributed by atoms with Gasteiger partial charge >= 0.3 is 0 Å². The Morgan fingerprint density at radius 1 is 0.152 bits per heavy atom. The molecule has 92 heavy (non-hydrogen) atoms. The number of benzene rings is 7. The number of unbranched alkanes of at least 4 members (excludes halogenated alkanes) is 4. The molecule has 0 N–H and O–H groups in total. The summed E-state index contributed by atoms with van der Waals surface area (Å²) in [5.41, 5.74) is 19.6. The predicted octanol–water partition coefficient (Wildman–Crippen LogP) is 30.8. The van der Waals surface area contributed by atoms with Gasteiger partial charge in [-0.15, -0.1) is 0 Å². The van der Waals surface area contributed by atoms with Crippen LogP contribution in [0.15, 0.2) is 170 Å². The highest BCUT2D eigenvalue weighted by Crippen LogP contribution is 2.11. The van der Waals surface area contributed by atoms with E-state index in [9.17, 15) is 0 Å². The lowest BCUT2D eigenvalue weighted by molar-refractivity contribution is 0.717. The summed E-state index contributed by atoms with van der Waals surface area (Å²) in [7, 11) is 0. The molecule has 7 aromatic rings. The van der Waals surface area contributed by atoms with Crippen LogP contribution in [0.1, 0.15) is 320 Å². The van der Waals surface area contributed by atoms with E-state index in [2.05, 4.69) is 364 Å². The highest BCUT2D eigenvalue weighted by molar-refractivity contribution is 5.26. The second-order valence-electron chi connectivity index (χ2n) is 24.1. The van der Waals surface area contributed by atoms with E-state index in [1.165, 1.54) is 187 Å². The van der Waals surface area contributed by atoms with Crippen molar-refractivity contribution in [1.82, 2.24) is 0 Å². The summed E-state index contributed by atoms with van der Waals surface area (Å²) in [4.78, 5) is 0. The molecule has 7 rings (SSSR count). The first-order valence-electron chi connectivity index (χ1n) is 37.6. The molecular weight excluding hydrogens is 1110 g/mol. The van der Waals surface area contributed by atoms with Crippen LogP contribution in [0.3, 0.4) is 0 Å². The minimum Gasteiger partial charge on any atom is -0.0656 e. The van der Waals surface area contributed by atoms with Crippen molar-refractivity contribution in [2.75, 3.05) is 0 Å². The van der Waals surface area contributed by atoms with Crippen LogP contribution in [0, 0.1) is 41.5 Å². The van der Waals surface area contributed by atoms with E-state index in [1.54, 1.807) is 0 Å². The number of hydrogen-bond donors (Lipinski definition) is 0. The zero-order valence-electron chi connectivity index (χ0n) is 66.7. The molecule has 0 nitrogen and oxygen atoms in total. The summed E-state index contributed by atoms with van der Waals surface area (Å²) < 4.78 is 0. The van der Waals surface area contributed by atoms with Crippen LogP contribution in [-0.4, -0.2) is 0 Å². The van der Waals surface area contributed by atoms with Gasteiger partial charge in [0.2, 0.25) is 0 Å². The SMILES string of the molecule is CCC.CCC.CCC.CCC.CCC.CCC.CCC.CCCCCc1ccc(C)cc1.CCCCCc1ccc(C)cc1.CCCc1ccc(CC)cc1.CCc1ccc(C)cc1.CCc1ccc(C)cc1.CCc1ccc(CC)cc1.Cc1ccc(C)cc1. The maximum absolute atomic E-state index is 2.25. The van der Waals surface area contributed by atoms with Gasteiger partial charge in [-0.25, -0.2) is 0 Å². The van der Waals surface area contributed by atoms with Gasteiger partial charge in [0.15, 0.2) is 0 Å². The van der Waals surface area contributed by atoms with Crippen LogP contribution in [-0.2, 0) is 51.4 Å². The molecule has 0 unspecified atom stereocenters. The summed E-state index contributed by atoms with van der Waals surface area (Å²) >= 11 is 0. The van der Waals surface area contributed by atoms with Gasteiger partial charge in [0.1, 0.15) is 0 Å². The van der Waals surface area contributed by atoms with E-state index in [0.717, 1.165) is 32.1 Å². The third-order valence-electron chi connectivity index (χ3n) is 12.5. The van der Waals surface area contributed by atoms with Crippen molar-refractivity contribution in [3.8, 4) is 0 Å². The van der Waals surface area contributed by atoms with Gasteiger partial charge in [-0.3, -0.25) is 0 Å². The normalized spacial score (nSPS) is 8.96. The van der Waals surface area contributed by atoms with Crippen molar-refractivity contribution in [3.63, 3.8) is 0 Å². The lowest BCUT2D eigenvalue weighted by atomic mass is 10.1. The first kappa shape index (κ1) is 100. The Hall–Kier alpha value is -5.46. The molecular formula is C92H156. The van der Waals surface area contributed by atoms with E-state index in [4.69, 9.17) is 0 Å². The Balaban J connectivity index is -0.000000175. The van der Waals surface area contributed by atoms with Gasteiger partial charge in [0, 0.05) is 0 Å². The molecule has 0 aromatic heterocycles. The number of hydrogen-bond acceptors (Lipinski definition) is 0. The fourth-order valence-electron chi connectivity index (χ4n) is 7.19. The monoisotopic (exact) mass is 1260 g/mol. The number of rotatable bonds is 15. The molecule has 0 saturated carbocycles. The van der Waals surface area contributed by atoms with Crippen LogP contribution in [0.25, 0.3) is 0 Å². The minimum atomic E-state index is 1.14. The molecule has 0 atom stereocenters. The average Bonchev–Trinajstić information content (AvgIpc) is 3.44. The van der Waals surface area contributed by atoms with Crippen molar-refractivity contribution in [2.45, 2.75) is 335 Å². The highest BCUT2D eigenvalue weighted by Gasteiger charge is 1.94. The predicted molar refractivity (Wildman–Crippen MR) is 433 cm³/mol. The smallest absolute Gasteiger partial charge is 0.0279 e. The van der Waals surface area contributed by atoms with E-state index < -0.39 is 0 Å². The van der Waals surface area contributed by atoms with E-state index in [-0.39, 0.29) is 0 Å². The molecule has 0 spiro atoms. The molecule has 0 saturated heterocycles. The molecule has 524 valence electrons. The third kappa shape index (κ3) is 77.0. The Morgan fingerprint density at radius 3 is 0.435 bits per heavy atom. The molecule has 0 aliphatic heterocycles. The fourth-order valence-corrected chi connectivity index (χ4v) is 7.19. The van der Waals surface area contributed by atoms with Crippen molar-refractivity contribution in [3.05, 3.63) is 248 Å². The Bertz CT molecular complexity index is 2200. The van der Waals surface area contributed by atoms with Gasteiger partial charge in [-0.2, -0.15) is 0 Å². The molecule has 0 aliphatic rings. The quantitative estimate of drug-likeness (QED) is 0.0898. The van der Waals surface area contributed by atoms with Crippen LogP contribution in [0.4, 0.5) is 0 Å². The van der Waals surface area contributed by atoms with Crippen molar-refractivity contribution in [1.29, 1.82) is 0 Å². The largest absolute Gasteiger partial charge is 0.0656 e. The van der Waals surface area contributed by atoms with Gasteiger partial charge in [0.25, 0.3) is 0 Å². The van der Waals surface area contributed by atoms with E-state index in [1.807, 2.05) is 0 Å². The van der Waals surface area contributed by atoms with Crippen LogP contribution >= 0.6 is 0 Å². The summed E-state index contributed by atoms with van der Waals surface area (Å²) in [5, 5.41) is 0. The van der Waals surface area contributed by atoms with Crippen LogP contribution in [0.5, 0.6) is 0 Å². The molecule has 7 aromatic carbocycles. The molecule has 0 aliphatic carbocycles.